The van der Waals surface area contributed by atoms with E-state index in [1.807, 2.05) is 31.4 Å². The largest absolute Gasteiger partial charge is 0.386 e. The number of anilines is 1. The van der Waals surface area contributed by atoms with Crippen molar-refractivity contribution in [2.45, 2.75) is 25.3 Å². The molecule has 21 heavy (non-hydrogen) atoms. The summed E-state index contributed by atoms with van der Waals surface area (Å²) in [6.45, 7) is 0.686. The standard InChI is InChI=1S/C10H10N2.C6H14N2O/c1-11-9-6-2-4-8-5-3-7-12-10(8)9;7-4-2-1-3-6(8)5-9/h2-7,11H,1H3;5-6H,1-4,7-8H2. The van der Waals surface area contributed by atoms with Gasteiger partial charge in [0, 0.05) is 18.6 Å². The van der Waals surface area contributed by atoms with E-state index in [0.717, 1.165) is 36.8 Å². The van der Waals surface area contributed by atoms with Gasteiger partial charge in [0.1, 0.15) is 6.29 Å². The molecule has 1 unspecified atom stereocenters. The molecule has 0 radical (unpaired) electrons. The number of aldehydes is 1. The van der Waals surface area contributed by atoms with E-state index in [1.54, 1.807) is 0 Å². The summed E-state index contributed by atoms with van der Waals surface area (Å²) in [6, 6.07) is 9.83. The first-order valence-corrected chi connectivity index (χ1v) is 7.15. The van der Waals surface area contributed by atoms with Crippen LogP contribution in [-0.4, -0.2) is 30.9 Å². The number of rotatable bonds is 6. The second-order valence-electron chi connectivity index (χ2n) is 4.72. The van der Waals surface area contributed by atoms with Gasteiger partial charge in [0.25, 0.3) is 0 Å². The van der Waals surface area contributed by atoms with E-state index < -0.39 is 0 Å². The van der Waals surface area contributed by atoms with Gasteiger partial charge in [-0.15, -0.1) is 0 Å². The monoisotopic (exact) mass is 288 g/mol. The first-order valence-electron chi connectivity index (χ1n) is 7.15. The summed E-state index contributed by atoms with van der Waals surface area (Å²) < 4.78 is 0. The van der Waals surface area contributed by atoms with E-state index in [2.05, 4.69) is 22.4 Å². The number of aromatic nitrogens is 1. The van der Waals surface area contributed by atoms with E-state index >= 15 is 0 Å². The van der Waals surface area contributed by atoms with Crippen molar-refractivity contribution in [1.29, 1.82) is 0 Å². The Kier molecular flexibility index (Phi) is 8.01. The molecular formula is C16H24N4O. The Morgan fingerprint density at radius 2 is 2.05 bits per heavy atom. The number of pyridine rings is 1. The molecule has 0 aliphatic rings. The topological polar surface area (TPSA) is 94.0 Å². The third-order valence-electron chi connectivity index (χ3n) is 3.07. The van der Waals surface area contributed by atoms with Crippen molar-refractivity contribution in [3.8, 4) is 0 Å². The van der Waals surface area contributed by atoms with Crippen LogP contribution in [0.15, 0.2) is 36.5 Å². The van der Waals surface area contributed by atoms with E-state index in [1.165, 1.54) is 5.39 Å². The quantitative estimate of drug-likeness (QED) is 0.557. The van der Waals surface area contributed by atoms with Crippen LogP contribution >= 0.6 is 0 Å². The van der Waals surface area contributed by atoms with Crippen LogP contribution in [0.4, 0.5) is 5.69 Å². The lowest BCUT2D eigenvalue weighted by Crippen LogP contribution is -2.21. The molecule has 0 spiro atoms. The number of carbonyl (C=O) groups is 1. The van der Waals surface area contributed by atoms with Crippen LogP contribution in [0, 0.1) is 0 Å². The SMILES string of the molecule is CNc1cccc2cccnc12.NCCCCC(N)C=O. The molecule has 0 aliphatic heterocycles. The highest BCUT2D eigenvalue weighted by atomic mass is 16.1. The van der Waals surface area contributed by atoms with E-state index in [0.29, 0.717) is 6.54 Å². The number of carbonyl (C=O) groups excluding carboxylic acids is 1. The fourth-order valence-electron chi connectivity index (χ4n) is 1.90. The Hall–Kier alpha value is -1.98. The molecule has 5 nitrogen and oxygen atoms in total. The first kappa shape index (κ1) is 17.1. The molecule has 0 fully saturated rings. The van der Waals surface area contributed by atoms with Crippen molar-refractivity contribution in [3.05, 3.63) is 36.5 Å². The van der Waals surface area contributed by atoms with Crippen molar-refractivity contribution < 1.29 is 4.79 Å². The maximum atomic E-state index is 9.94. The summed E-state index contributed by atoms with van der Waals surface area (Å²) in [7, 11) is 1.91. The lowest BCUT2D eigenvalue weighted by molar-refractivity contribution is -0.109. The molecule has 1 aromatic heterocycles. The van der Waals surface area contributed by atoms with Gasteiger partial charge in [-0.1, -0.05) is 24.6 Å². The van der Waals surface area contributed by atoms with E-state index in [4.69, 9.17) is 11.5 Å². The number of hydrogen-bond acceptors (Lipinski definition) is 5. The number of para-hydroxylation sites is 1. The van der Waals surface area contributed by atoms with Crippen LogP contribution in [-0.2, 0) is 4.79 Å². The highest BCUT2D eigenvalue weighted by molar-refractivity contribution is 5.89. The molecule has 114 valence electrons. The summed E-state index contributed by atoms with van der Waals surface area (Å²) in [5.74, 6) is 0. The zero-order valence-corrected chi connectivity index (χ0v) is 12.5. The molecule has 5 heteroatoms. The number of benzene rings is 1. The molecule has 5 N–H and O–H groups in total. The molecular weight excluding hydrogens is 264 g/mol. The van der Waals surface area contributed by atoms with Crippen LogP contribution < -0.4 is 16.8 Å². The first-order chi connectivity index (χ1) is 10.2. The number of hydrogen-bond donors (Lipinski definition) is 3. The molecule has 0 saturated carbocycles. The Balaban J connectivity index is 0.000000222. The average Bonchev–Trinajstić information content (AvgIpc) is 2.55. The highest BCUT2D eigenvalue weighted by Gasteiger charge is 1.97. The summed E-state index contributed by atoms with van der Waals surface area (Å²) in [4.78, 5) is 14.2. The van der Waals surface area contributed by atoms with Gasteiger partial charge in [0.2, 0.25) is 0 Å². The van der Waals surface area contributed by atoms with Crippen LogP contribution in [0.2, 0.25) is 0 Å². The minimum absolute atomic E-state index is 0.281. The van der Waals surface area contributed by atoms with Crippen LogP contribution in [0.3, 0.4) is 0 Å². The Morgan fingerprint density at radius 1 is 1.29 bits per heavy atom. The summed E-state index contributed by atoms with van der Waals surface area (Å²) in [5.41, 5.74) is 12.6. The van der Waals surface area contributed by atoms with E-state index in [9.17, 15) is 4.79 Å². The van der Waals surface area contributed by atoms with Gasteiger partial charge in [-0.05, 0) is 31.5 Å². The molecule has 0 saturated heterocycles. The predicted molar refractivity (Wildman–Crippen MR) is 88.2 cm³/mol. The average molecular weight is 288 g/mol. The molecule has 0 amide bonds. The summed E-state index contributed by atoms with van der Waals surface area (Å²) in [5, 5.41) is 4.28. The molecule has 1 heterocycles. The number of unbranched alkanes of at least 4 members (excludes halogenated alkanes) is 1. The van der Waals surface area contributed by atoms with Gasteiger partial charge in [0.15, 0.2) is 0 Å². The minimum Gasteiger partial charge on any atom is -0.386 e. The fraction of sp³-hybridized carbons (Fsp3) is 0.375. The lowest BCUT2D eigenvalue weighted by atomic mass is 10.1. The smallest absolute Gasteiger partial charge is 0.136 e. The maximum Gasteiger partial charge on any atom is 0.136 e. The molecule has 1 aromatic carbocycles. The van der Waals surface area contributed by atoms with Crippen molar-refractivity contribution in [1.82, 2.24) is 4.98 Å². The zero-order valence-electron chi connectivity index (χ0n) is 12.5. The van der Waals surface area contributed by atoms with Crippen LogP contribution in [0.1, 0.15) is 19.3 Å². The van der Waals surface area contributed by atoms with Crippen molar-refractivity contribution in [2.75, 3.05) is 18.9 Å². The summed E-state index contributed by atoms with van der Waals surface area (Å²) >= 11 is 0. The molecule has 0 bridgehead atoms. The second kappa shape index (κ2) is 9.85. The zero-order chi connectivity index (χ0) is 15.5. The Bertz CT molecular complexity index is 539. The van der Waals surface area contributed by atoms with E-state index in [-0.39, 0.29) is 6.04 Å². The third kappa shape index (κ3) is 5.89. The number of nitrogens with two attached hydrogens (primary N) is 2. The number of fused-ring (bicyclic) bond motifs is 1. The van der Waals surface area contributed by atoms with Gasteiger partial charge in [-0.2, -0.15) is 0 Å². The Labute approximate surface area is 125 Å². The second-order valence-corrected chi connectivity index (χ2v) is 4.72. The minimum atomic E-state index is -0.281. The number of nitrogens with zero attached hydrogens (tertiary/aromatic N) is 1. The Morgan fingerprint density at radius 3 is 2.71 bits per heavy atom. The predicted octanol–water partition coefficient (Wildman–Crippen LogP) is 1.92. The van der Waals surface area contributed by atoms with Gasteiger partial charge < -0.3 is 21.6 Å². The number of nitrogens with one attached hydrogen (secondary N) is 1. The van der Waals surface area contributed by atoms with Gasteiger partial charge in [0.05, 0.1) is 17.2 Å². The molecule has 0 aliphatic carbocycles. The van der Waals surface area contributed by atoms with Gasteiger partial charge in [-0.3, -0.25) is 4.98 Å². The van der Waals surface area contributed by atoms with Crippen molar-refractivity contribution >= 4 is 22.9 Å². The van der Waals surface area contributed by atoms with Crippen molar-refractivity contribution in [3.63, 3.8) is 0 Å². The normalized spacial score (nSPS) is 11.4. The van der Waals surface area contributed by atoms with Crippen LogP contribution in [0.25, 0.3) is 10.9 Å². The van der Waals surface area contributed by atoms with Crippen molar-refractivity contribution in [2.24, 2.45) is 11.5 Å². The van der Waals surface area contributed by atoms with Gasteiger partial charge >= 0.3 is 0 Å². The molecule has 1 atom stereocenters. The molecule has 2 rings (SSSR count). The maximum absolute atomic E-state index is 9.94. The highest BCUT2D eigenvalue weighted by Crippen LogP contribution is 2.19. The molecule has 2 aromatic rings. The lowest BCUT2D eigenvalue weighted by Gasteiger charge is -2.02. The fourth-order valence-corrected chi connectivity index (χ4v) is 1.90. The van der Waals surface area contributed by atoms with Crippen LogP contribution in [0.5, 0.6) is 0 Å². The third-order valence-corrected chi connectivity index (χ3v) is 3.07. The van der Waals surface area contributed by atoms with Gasteiger partial charge in [-0.25, -0.2) is 0 Å². The summed E-state index contributed by atoms with van der Waals surface area (Å²) in [6.07, 6.45) is 5.26.